The number of benzene rings is 2. The standard InChI is InChI=1S/C23H24FN3O2.H3O4P/c1-27(2,3)15-14-26-23(28)18-12-13-25-22(16-18)17-4-8-20(9-5-17)29-21-10-6-19(24)7-11-21;1-5(2,3)4/h4-13,16H,14-15H2,1-3H3;(H3,1,2,3,4). The molecule has 0 spiro atoms. The van der Waals surface area contributed by atoms with Gasteiger partial charge in [-0.05, 0) is 60.7 Å². The predicted molar refractivity (Wildman–Crippen MR) is 123 cm³/mol. The first kappa shape index (κ1) is 27.1. The first-order valence-corrected chi connectivity index (χ1v) is 11.7. The molecule has 11 heteroatoms. The Hall–Kier alpha value is -3.14. The fourth-order valence-electron chi connectivity index (χ4n) is 2.67. The number of aromatic nitrogens is 1. The SMILES string of the molecule is C[N+](C)(C)CCNC(=O)c1ccnc(-c2ccc(Oc3ccc(F)cc3)cc2)c1.O=P([O-])(O)O. The number of pyridine rings is 1. The largest absolute Gasteiger partial charge is 0.756 e. The first-order chi connectivity index (χ1) is 15.8. The van der Waals surface area contributed by atoms with E-state index in [4.69, 9.17) is 24.0 Å². The smallest absolute Gasteiger partial charge is 0.262 e. The van der Waals surface area contributed by atoms with E-state index in [2.05, 4.69) is 31.4 Å². The van der Waals surface area contributed by atoms with E-state index in [0.717, 1.165) is 16.6 Å². The molecular weight excluding hydrogens is 464 g/mol. The van der Waals surface area contributed by atoms with Gasteiger partial charge in [-0.15, -0.1) is 0 Å². The minimum absolute atomic E-state index is 0.113. The fourth-order valence-corrected chi connectivity index (χ4v) is 2.67. The minimum atomic E-state index is -4.89. The van der Waals surface area contributed by atoms with Crippen molar-refractivity contribution in [2.24, 2.45) is 0 Å². The monoisotopic (exact) mass is 491 g/mol. The molecule has 34 heavy (non-hydrogen) atoms. The molecule has 9 nitrogen and oxygen atoms in total. The highest BCUT2D eigenvalue weighted by Crippen LogP contribution is 2.25. The van der Waals surface area contributed by atoms with Crippen molar-refractivity contribution in [1.29, 1.82) is 0 Å². The van der Waals surface area contributed by atoms with Gasteiger partial charge < -0.3 is 29.2 Å². The Morgan fingerprint density at radius 1 is 1.06 bits per heavy atom. The van der Waals surface area contributed by atoms with Crippen LogP contribution >= 0.6 is 7.82 Å². The lowest BCUT2D eigenvalue weighted by molar-refractivity contribution is -0.869. The molecule has 3 aromatic rings. The average molecular weight is 491 g/mol. The summed E-state index contributed by atoms with van der Waals surface area (Å²) in [5.41, 5.74) is 2.15. The summed E-state index contributed by atoms with van der Waals surface area (Å²) in [5.74, 6) is 0.776. The second-order valence-electron chi connectivity index (χ2n) is 8.27. The third-order valence-corrected chi connectivity index (χ3v) is 4.29. The second-order valence-corrected chi connectivity index (χ2v) is 9.25. The first-order valence-electron chi connectivity index (χ1n) is 10.2. The summed E-state index contributed by atoms with van der Waals surface area (Å²) < 4.78 is 28.2. The maximum atomic E-state index is 13.0. The number of carbonyl (C=O) groups excluding carboxylic acids is 1. The zero-order valence-electron chi connectivity index (χ0n) is 19.0. The van der Waals surface area contributed by atoms with Crippen LogP contribution in [-0.4, -0.2) is 59.4 Å². The Bertz CT molecular complexity index is 1120. The van der Waals surface area contributed by atoms with Gasteiger partial charge in [-0.2, -0.15) is 0 Å². The Kier molecular flexibility index (Phi) is 9.43. The molecule has 3 rings (SSSR count). The van der Waals surface area contributed by atoms with Crippen molar-refractivity contribution in [3.63, 3.8) is 0 Å². The molecule has 2 aromatic carbocycles. The molecule has 1 amide bonds. The van der Waals surface area contributed by atoms with Crippen molar-refractivity contribution < 1.29 is 37.7 Å². The molecule has 0 radical (unpaired) electrons. The minimum Gasteiger partial charge on any atom is -0.756 e. The van der Waals surface area contributed by atoms with E-state index in [1.807, 2.05) is 24.3 Å². The van der Waals surface area contributed by atoms with Gasteiger partial charge >= 0.3 is 0 Å². The summed E-state index contributed by atoms with van der Waals surface area (Å²) in [7, 11) is 1.36. The molecule has 3 N–H and O–H groups in total. The Balaban J connectivity index is 0.000000739. The zero-order chi connectivity index (χ0) is 25.4. The van der Waals surface area contributed by atoms with Gasteiger partial charge in [0.1, 0.15) is 17.3 Å². The van der Waals surface area contributed by atoms with Gasteiger partial charge in [-0.3, -0.25) is 14.3 Å². The van der Waals surface area contributed by atoms with Gasteiger partial charge in [-0.25, -0.2) is 4.39 Å². The lowest BCUT2D eigenvalue weighted by Gasteiger charge is -2.23. The lowest BCUT2D eigenvalue weighted by Crippen LogP contribution is -2.41. The third kappa shape index (κ3) is 10.7. The van der Waals surface area contributed by atoms with Crippen molar-refractivity contribution in [2.75, 3.05) is 34.2 Å². The Labute approximate surface area is 197 Å². The van der Waals surface area contributed by atoms with Gasteiger partial charge in [0.2, 0.25) is 0 Å². The number of likely N-dealkylation sites (N-methyl/N-ethyl adjacent to an activating group) is 1. The summed E-state index contributed by atoms with van der Waals surface area (Å²) in [6.45, 7) is 1.45. The third-order valence-electron chi connectivity index (χ3n) is 4.29. The normalized spacial score (nSPS) is 11.3. The van der Waals surface area contributed by atoms with Crippen LogP contribution in [0, 0.1) is 5.82 Å². The quantitative estimate of drug-likeness (QED) is 0.342. The Morgan fingerprint density at radius 3 is 2.12 bits per heavy atom. The number of nitrogens with one attached hydrogen (secondary N) is 1. The van der Waals surface area contributed by atoms with Crippen LogP contribution in [-0.2, 0) is 4.57 Å². The van der Waals surface area contributed by atoms with Crippen molar-refractivity contribution in [2.45, 2.75) is 0 Å². The summed E-state index contributed by atoms with van der Waals surface area (Å²) in [6, 6.07) is 16.7. The molecule has 0 saturated heterocycles. The molecule has 0 atom stereocenters. The molecule has 0 aliphatic carbocycles. The molecular formula is C23H27FN3O6P. The van der Waals surface area contributed by atoms with Gasteiger partial charge in [0.25, 0.3) is 13.7 Å². The average Bonchev–Trinajstić information content (AvgIpc) is 2.74. The lowest BCUT2D eigenvalue weighted by atomic mass is 10.1. The van der Waals surface area contributed by atoms with Crippen LogP contribution in [0.3, 0.4) is 0 Å². The Morgan fingerprint density at radius 2 is 1.59 bits per heavy atom. The number of quaternary nitrogens is 1. The molecule has 0 bridgehead atoms. The summed E-state index contributed by atoms with van der Waals surface area (Å²) in [5, 5.41) is 2.95. The highest BCUT2D eigenvalue weighted by atomic mass is 31.2. The number of ether oxygens (including phenoxy) is 1. The maximum Gasteiger partial charge on any atom is 0.262 e. The molecule has 0 fully saturated rings. The summed E-state index contributed by atoms with van der Waals surface area (Å²) >= 11 is 0. The number of halogens is 1. The summed E-state index contributed by atoms with van der Waals surface area (Å²) in [6.07, 6.45) is 1.63. The molecule has 1 aromatic heterocycles. The highest BCUT2D eigenvalue weighted by molar-refractivity contribution is 7.43. The number of nitrogens with zero attached hydrogens (tertiary/aromatic N) is 2. The van der Waals surface area contributed by atoms with E-state index in [9.17, 15) is 9.18 Å². The molecule has 0 aliphatic heterocycles. The van der Waals surface area contributed by atoms with Crippen LogP contribution in [0.1, 0.15) is 10.4 Å². The summed E-state index contributed by atoms with van der Waals surface area (Å²) in [4.78, 5) is 39.7. The number of hydrogen-bond donors (Lipinski definition) is 3. The zero-order valence-corrected chi connectivity index (χ0v) is 19.9. The highest BCUT2D eigenvalue weighted by Gasteiger charge is 2.11. The van der Waals surface area contributed by atoms with E-state index in [-0.39, 0.29) is 11.7 Å². The van der Waals surface area contributed by atoms with Crippen LogP contribution < -0.4 is 14.9 Å². The van der Waals surface area contributed by atoms with E-state index < -0.39 is 7.82 Å². The second kappa shape index (κ2) is 11.8. The molecule has 0 unspecified atom stereocenters. The van der Waals surface area contributed by atoms with Crippen LogP contribution in [0.4, 0.5) is 4.39 Å². The van der Waals surface area contributed by atoms with Crippen molar-refractivity contribution in [3.05, 3.63) is 78.2 Å². The fraction of sp³-hybridized carbons (Fsp3) is 0.217. The van der Waals surface area contributed by atoms with Crippen molar-refractivity contribution in [3.8, 4) is 22.8 Å². The van der Waals surface area contributed by atoms with E-state index >= 15 is 0 Å². The molecule has 1 heterocycles. The van der Waals surface area contributed by atoms with Gasteiger partial charge in [0.15, 0.2) is 0 Å². The molecule has 0 aliphatic rings. The number of rotatable bonds is 7. The van der Waals surface area contributed by atoms with E-state index in [1.54, 1.807) is 30.5 Å². The number of amides is 1. The van der Waals surface area contributed by atoms with Gasteiger partial charge in [0.05, 0.1) is 39.9 Å². The number of hydrogen-bond acceptors (Lipinski definition) is 5. The molecule has 182 valence electrons. The van der Waals surface area contributed by atoms with Gasteiger partial charge in [-0.1, -0.05) is 0 Å². The van der Waals surface area contributed by atoms with Crippen molar-refractivity contribution in [1.82, 2.24) is 10.3 Å². The van der Waals surface area contributed by atoms with Gasteiger partial charge in [0, 0.05) is 17.3 Å². The predicted octanol–water partition coefficient (Wildman–Crippen LogP) is 2.56. The number of carbonyl (C=O) groups is 1. The number of phosphoric acid groups is 1. The van der Waals surface area contributed by atoms with E-state index in [1.165, 1.54) is 12.1 Å². The maximum absolute atomic E-state index is 13.0. The van der Waals surface area contributed by atoms with Crippen LogP contribution in [0.15, 0.2) is 66.9 Å². The van der Waals surface area contributed by atoms with Crippen LogP contribution in [0.2, 0.25) is 0 Å². The van der Waals surface area contributed by atoms with Crippen LogP contribution in [0.25, 0.3) is 11.3 Å². The van der Waals surface area contributed by atoms with E-state index in [0.29, 0.717) is 29.3 Å². The molecule has 0 saturated carbocycles. The van der Waals surface area contributed by atoms with Crippen LogP contribution in [0.5, 0.6) is 11.5 Å². The van der Waals surface area contributed by atoms with Crippen molar-refractivity contribution >= 4 is 13.7 Å². The topological polar surface area (TPSA) is 132 Å².